The summed E-state index contributed by atoms with van der Waals surface area (Å²) >= 11 is 0. The first-order valence-electron chi connectivity index (χ1n) is 5.96. The Balaban J connectivity index is 2.20. The third-order valence-electron chi connectivity index (χ3n) is 3.17. The van der Waals surface area contributed by atoms with E-state index in [4.69, 9.17) is 5.26 Å². The van der Waals surface area contributed by atoms with Crippen LogP contribution in [-0.2, 0) is 0 Å². The van der Waals surface area contributed by atoms with Crippen molar-refractivity contribution in [3.8, 4) is 17.3 Å². The third-order valence-corrected chi connectivity index (χ3v) is 3.17. The molecule has 0 fully saturated rings. The fourth-order valence-electron chi connectivity index (χ4n) is 2.22. The zero-order valence-corrected chi connectivity index (χ0v) is 10.4. The molecule has 1 aromatic carbocycles. The van der Waals surface area contributed by atoms with Crippen molar-refractivity contribution in [3.63, 3.8) is 0 Å². The van der Waals surface area contributed by atoms with Crippen molar-refractivity contribution in [2.45, 2.75) is 0 Å². The van der Waals surface area contributed by atoms with E-state index in [9.17, 15) is 10.1 Å². The molecule has 96 valence electrons. The van der Waals surface area contributed by atoms with Crippen LogP contribution in [0, 0.1) is 21.4 Å². The van der Waals surface area contributed by atoms with Gasteiger partial charge in [0, 0.05) is 18.3 Å². The maximum atomic E-state index is 10.7. The number of benzene rings is 1. The van der Waals surface area contributed by atoms with E-state index in [-0.39, 0.29) is 5.69 Å². The third kappa shape index (κ3) is 1.80. The summed E-state index contributed by atoms with van der Waals surface area (Å²) in [4.78, 5) is 10.2. The Hall–Kier alpha value is -3.13. The van der Waals surface area contributed by atoms with Gasteiger partial charge in [0.2, 0.25) is 0 Å². The lowest BCUT2D eigenvalue weighted by Gasteiger charge is -2.02. The molecule has 0 spiro atoms. The Morgan fingerprint density at radius 1 is 1.15 bits per heavy atom. The average molecular weight is 263 g/mol. The average Bonchev–Trinajstić information content (AvgIpc) is 2.86. The van der Waals surface area contributed by atoms with Gasteiger partial charge in [-0.05, 0) is 35.9 Å². The van der Waals surface area contributed by atoms with Crippen LogP contribution >= 0.6 is 0 Å². The number of fused-ring (bicyclic) bond motifs is 1. The number of nitrogens with zero attached hydrogens (tertiary/aromatic N) is 3. The van der Waals surface area contributed by atoms with Crippen molar-refractivity contribution >= 4 is 11.2 Å². The van der Waals surface area contributed by atoms with Crippen LogP contribution in [0.1, 0.15) is 5.56 Å². The summed E-state index contributed by atoms with van der Waals surface area (Å²) in [5.41, 5.74) is 3.13. The molecule has 0 amide bonds. The summed E-state index contributed by atoms with van der Waals surface area (Å²) < 4.78 is 1.90. The molecule has 0 aliphatic carbocycles. The lowest BCUT2D eigenvalue weighted by molar-refractivity contribution is -0.384. The molecule has 0 aliphatic rings. The van der Waals surface area contributed by atoms with Crippen molar-refractivity contribution in [2.24, 2.45) is 0 Å². The first-order chi connectivity index (χ1) is 9.70. The van der Waals surface area contributed by atoms with Gasteiger partial charge in [-0.3, -0.25) is 10.1 Å². The largest absolute Gasteiger partial charge is 0.315 e. The topological polar surface area (TPSA) is 71.3 Å². The van der Waals surface area contributed by atoms with Gasteiger partial charge in [0.25, 0.3) is 5.69 Å². The van der Waals surface area contributed by atoms with E-state index in [0.717, 1.165) is 16.8 Å². The highest BCUT2D eigenvalue weighted by Gasteiger charge is 2.11. The van der Waals surface area contributed by atoms with Crippen LogP contribution in [0.4, 0.5) is 5.69 Å². The molecule has 3 aromatic rings. The second-order valence-electron chi connectivity index (χ2n) is 4.31. The van der Waals surface area contributed by atoms with Gasteiger partial charge in [-0.25, -0.2) is 0 Å². The lowest BCUT2D eigenvalue weighted by atomic mass is 10.1. The number of rotatable bonds is 2. The van der Waals surface area contributed by atoms with Gasteiger partial charge in [-0.1, -0.05) is 6.07 Å². The van der Waals surface area contributed by atoms with Crippen LogP contribution < -0.4 is 0 Å². The zero-order valence-electron chi connectivity index (χ0n) is 10.4. The molecule has 0 aliphatic heterocycles. The minimum atomic E-state index is -0.430. The molecule has 20 heavy (non-hydrogen) atoms. The Labute approximate surface area is 114 Å². The number of nitro groups is 1. The van der Waals surface area contributed by atoms with E-state index in [2.05, 4.69) is 6.07 Å². The first kappa shape index (κ1) is 11.9. The molecule has 0 atom stereocenters. The molecule has 3 rings (SSSR count). The highest BCUT2D eigenvalue weighted by molar-refractivity contribution is 5.74. The van der Waals surface area contributed by atoms with Crippen molar-refractivity contribution in [1.29, 1.82) is 5.26 Å². The van der Waals surface area contributed by atoms with Gasteiger partial charge in [-0.15, -0.1) is 0 Å². The Morgan fingerprint density at radius 3 is 2.55 bits per heavy atom. The number of nitriles is 1. The van der Waals surface area contributed by atoms with Crippen molar-refractivity contribution in [3.05, 3.63) is 70.4 Å². The maximum absolute atomic E-state index is 10.7. The summed E-state index contributed by atoms with van der Waals surface area (Å²) in [6.45, 7) is 0. The Kier molecular flexibility index (Phi) is 2.70. The van der Waals surface area contributed by atoms with E-state index < -0.39 is 4.92 Å². The van der Waals surface area contributed by atoms with Gasteiger partial charge in [0.1, 0.15) is 6.07 Å². The molecule has 0 saturated heterocycles. The number of nitro benzene ring substituents is 1. The number of non-ortho nitro benzene ring substituents is 1. The van der Waals surface area contributed by atoms with Crippen LogP contribution in [0.2, 0.25) is 0 Å². The number of hydrogen-bond donors (Lipinski definition) is 0. The molecule has 0 unspecified atom stereocenters. The van der Waals surface area contributed by atoms with Crippen molar-refractivity contribution in [1.82, 2.24) is 4.40 Å². The van der Waals surface area contributed by atoms with Crippen LogP contribution in [0.25, 0.3) is 16.8 Å². The molecule has 0 bridgehead atoms. The Bertz CT molecular complexity index is 842. The van der Waals surface area contributed by atoms with Gasteiger partial charge < -0.3 is 4.40 Å². The molecular formula is C15H9N3O2. The summed E-state index contributed by atoms with van der Waals surface area (Å²) in [5.74, 6) is 0. The summed E-state index contributed by atoms with van der Waals surface area (Å²) in [5, 5.41) is 19.8. The molecule has 0 N–H and O–H groups in total. The summed E-state index contributed by atoms with van der Waals surface area (Å²) in [6.07, 6.45) is 1.87. The standard InChI is InChI=1S/C15H9N3O2/c16-10-12-9-15(17-8-2-1-3-14(12)17)11-4-6-13(7-5-11)18(19)20/h1-9H. The highest BCUT2D eigenvalue weighted by Crippen LogP contribution is 2.27. The second kappa shape index (κ2) is 4.52. The number of hydrogen-bond acceptors (Lipinski definition) is 3. The first-order valence-corrected chi connectivity index (χ1v) is 5.96. The molecule has 0 radical (unpaired) electrons. The summed E-state index contributed by atoms with van der Waals surface area (Å²) in [6, 6.07) is 15.9. The van der Waals surface area contributed by atoms with Crippen LogP contribution in [0.3, 0.4) is 0 Å². The fourth-order valence-corrected chi connectivity index (χ4v) is 2.22. The predicted octanol–water partition coefficient (Wildman–Crippen LogP) is 3.39. The van der Waals surface area contributed by atoms with Crippen molar-refractivity contribution < 1.29 is 4.92 Å². The van der Waals surface area contributed by atoms with Gasteiger partial charge >= 0.3 is 0 Å². The number of pyridine rings is 1. The van der Waals surface area contributed by atoms with Crippen LogP contribution in [0.15, 0.2) is 54.7 Å². The number of aromatic nitrogens is 1. The van der Waals surface area contributed by atoms with Crippen LogP contribution in [0.5, 0.6) is 0 Å². The van der Waals surface area contributed by atoms with Gasteiger partial charge in [0.05, 0.1) is 21.7 Å². The van der Waals surface area contributed by atoms with Crippen LogP contribution in [-0.4, -0.2) is 9.32 Å². The normalized spacial score (nSPS) is 10.3. The fraction of sp³-hybridized carbons (Fsp3) is 0. The molecule has 0 saturated carbocycles. The SMILES string of the molecule is N#Cc1cc(-c2ccc([N+](=O)[O-])cc2)n2ccccc12. The lowest BCUT2D eigenvalue weighted by Crippen LogP contribution is -1.89. The van der Waals surface area contributed by atoms with E-state index >= 15 is 0 Å². The van der Waals surface area contributed by atoms with Gasteiger partial charge in [-0.2, -0.15) is 5.26 Å². The van der Waals surface area contributed by atoms with E-state index in [1.54, 1.807) is 18.2 Å². The Morgan fingerprint density at radius 2 is 1.90 bits per heavy atom. The van der Waals surface area contributed by atoms with E-state index in [0.29, 0.717) is 5.56 Å². The minimum absolute atomic E-state index is 0.0510. The molecule has 5 heteroatoms. The molecule has 2 heterocycles. The predicted molar refractivity (Wildman–Crippen MR) is 74.2 cm³/mol. The molecule has 2 aromatic heterocycles. The van der Waals surface area contributed by atoms with E-state index in [1.165, 1.54) is 12.1 Å². The van der Waals surface area contributed by atoms with Gasteiger partial charge in [0.15, 0.2) is 0 Å². The minimum Gasteiger partial charge on any atom is -0.315 e. The molecular weight excluding hydrogens is 254 g/mol. The smallest absolute Gasteiger partial charge is 0.269 e. The second-order valence-corrected chi connectivity index (χ2v) is 4.31. The monoisotopic (exact) mass is 263 g/mol. The zero-order chi connectivity index (χ0) is 14.1. The van der Waals surface area contributed by atoms with E-state index in [1.807, 2.05) is 28.8 Å². The van der Waals surface area contributed by atoms with Crippen molar-refractivity contribution in [2.75, 3.05) is 0 Å². The quantitative estimate of drug-likeness (QED) is 0.525. The maximum Gasteiger partial charge on any atom is 0.269 e. The summed E-state index contributed by atoms with van der Waals surface area (Å²) in [7, 11) is 0. The highest BCUT2D eigenvalue weighted by atomic mass is 16.6. The molecule has 5 nitrogen and oxygen atoms in total.